The summed E-state index contributed by atoms with van der Waals surface area (Å²) in [5.41, 5.74) is 0. The molecule has 2 fully saturated rings. The third-order valence-electron chi connectivity index (χ3n) is 2.69. The monoisotopic (exact) mass is 184 g/mol. The largest absolute Gasteiger partial charge is 0.461 e. The molecule has 0 amide bonds. The molecule has 4 heteroatoms. The minimum absolute atomic E-state index is 0.0151. The van der Waals surface area contributed by atoms with Crippen LogP contribution in [0.3, 0.4) is 0 Å². The Kier molecular flexibility index (Phi) is 2.80. The fourth-order valence-electron chi connectivity index (χ4n) is 1.85. The van der Waals surface area contributed by atoms with Crippen LogP contribution in [-0.2, 0) is 9.53 Å². The van der Waals surface area contributed by atoms with E-state index in [1.54, 1.807) is 0 Å². The molecular formula is C9H16N2O2. The molecule has 0 bridgehead atoms. The molecule has 0 saturated carbocycles. The molecule has 0 radical (unpaired) electrons. The summed E-state index contributed by atoms with van der Waals surface area (Å²) in [4.78, 5) is 11.5. The Morgan fingerprint density at radius 3 is 2.54 bits per heavy atom. The molecule has 2 N–H and O–H groups in total. The molecular weight excluding hydrogens is 168 g/mol. The van der Waals surface area contributed by atoms with Gasteiger partial charge in [-0.15, -0.1) is 0 Å². The summed E-state index contributed by atoms with van der Waals surface area (Å²) in [6, 6.07) is 0. The highest BCUT2D eigenvalue weighted by atomic mass is 16.5. The average molecular weight is 184 g/mol. The molecule has 2 atom stereocenters. The number of carbonyl (C=O) groups is 1. The van der Waals surface area contributed by atoms with E-state index < -0.39 is 0 Å². The number of carbonyl (C=O) groups excluding carboxylic acids is 1. The van der Waals surface area contributed by atoms with Crippen LogP contribution >= 0.6 is 0 Å². The minimum Gasteiger partial charge on any atom is -0.461 e. The zero-order valence-corrected chi connectivity index (χ0v) is 7.71. The number of nitrogens with one attached hydrogen (secondary N) is 2. The summed E-state index contributed by atoms with van der Waals surface area (Å²) < 4.78 is 5.35. The maximum Gasteiger partial charge on any atom is 0.310 e. The summed E-state index contributed by atoms with van der Waals surface area (Å²) in [7, 11) is 0. The Morgan fingerprint density at radius 1 is 1.15 bits per heavy atom. The van der Waals surface area contributed by atoms with Crippen molar-refractivity contribution in [3.05, 3.63) is 0 Å². The van der Waals surface area contributed by atoms with Crippen LogP contribution in [0.1, 0.15) is 12.8 Å². The lowest BCUT2D eigenvalue weighted by Crippen LogP contribution is -2.27. The number of hydrogen-bond donors (Lipinski definition) is 2. The van der Waals surface area contributed by atoms with Gasteiger partial charge in [0.15, 0.2) is 0 Å². The molecule has 0 aromatic heterocycles. The van der Waals surface area contributed by atoms with E-state index in [1.165, 1.54) is 0 Å². The second-order valence-corrected chi connectivity index (χ2v) is 3.74. The summed E-state index contributed by atoms with van der Waals surface area (Å²) >= 11 is 0. The first-order valence-corrected chi connectivity index (χ1v) is 4.98. The van der Waals surface area contributed by atoms with Crippen molar-refractivity contribution in [2.45, 2.75) is 18.9 Å². The fraction of sp³-hybridized carbons (Fsp3) is 0.889. The lowest BCUT2D eigenvalue weighted by atomic mass is 10.1. The van der Waals surface area contributed by atoms with Gasteiger partial charge in [-0.3, -0.25) is 4.79 Å². The number of esters is 1. The lowest BCUT2D eigenvalue weighted by molar-refractivity contribution is -0.152. The van der Waals surface area contributed by atoms with Gasteiger partial charge in [0.2, 0.25) is 0 Å². The summed E-state index contributed by atoms with van der Waals surface area (Å²) in [6.07, 6.45) is 2.01. The lowest BCUT2D eigenvalue weighted by Gasteiger charge is -2.13. The smallest absolute Gasteiger partial charge is 0.310 e. The van der Waals surface area contributed by atoms with Gasteiger partial charge in [0.1, 0.15) is 6.10 Å². The van der Waals surface area contributed by atoms with Crippen molar-refractivity contribution in [1.82, 2.24) is 10.6 Å². The van der Waals surface area contributed by atoms with Gasteiger partial charge < -0.3 is 15.4 Å². The second-order valence-electron chi connectivity index (χ2n) is 3.74. The third-order valence-corrected chi connectivity index (χ3v) is 2.69. The van der Waals surface area contributed by atoms with Gasteiger partial charge in [-0.25, -0.2) is 0 Å². The number of rotatable bonds is 2. The van der Waals surface area contributed by atoms with E-state index in [2.05, 4.69) is 10.6 Å². The molecule has 0 aliphatic carbocycles. The first-order valence-electron chi connectivity index (χ1n) is 4.98. The predicted molar refractivity (Wildman–Crippen MR) is 48.3 cm³/mol. The van der Waals surface area contributed by atoms with E-state index in [9.17, 15) is 4.79 Å². The van der Waals surface area contributed by atoms with E-state index in [0.29, 0.717) is 0 Å². The molecule has 74 valence electrons. The zero-order valence-electron chi connectivity index (χ0n) is 7.71. The van der Waals surface area contributed by atoms with Gasteiger partial charge >= 0.3 is 5.97 Å². The molecule has 0 aromatic carbocycles. The molecule has 2 heterocycles. The van der Waals surface area contributed by atoms with Gasteiger partial charge in [-0.2, -0.15) is 0 Å². The van der Waals surface area contributed by atoms with E-state index in [-0.39, 0.29) is 18.0 Å². The highest BCUT2D eigenvalue weighted by Gasteiger charge is 2.27. The molecule has 2 saturated heterocycles. The van der Waals surface area contributed by atoms with Crippen LogP contribution in [0.15, 0.2) is 0 Å². The van der Waals surface area contributed by atoms with Crippen LogP contribution in [0, 0.1) is 5.92 Å². The van der Waals surface area contributed by atoms with Crippen LogP contribution in [0.2, 0.25) is 0 Å². The normalized spacial score (nSPS) is 33.5. The first-order chi connectivity index (χ1) is 6.36. The maximum absolute atomic E-state index is 11.5. The van der Waals surface area contributed by atoms with Gasteiger partial charge in [-0.05, 0) is 25.9 Å². The molecule has 4 nitrogen and oxygen atoms in total. The SMILES string of the molecule is O=C(O[C@H]1CCNC1)[C@H]1CCNC1. The quantitative estimate of drug-likeness (QED) is 0.568. The molecule has 2 aliphatic heterocycles. The Bertz CT molecular complexity index is 184. The van der Waals surface area contributed by atoms with Crippen LogP contribution < -0.4 is 10.6 Å². The zero-order chi connectivity index (χ0) is 9.10. The molecule has 0 unspecified atom stereocenters. The van der Waals surface area contributed by atoms with Crippen molar-refractivity contribution in [2.24, 2.45) is 5.92 Å². The van der Waals surface area contributed by atoms with Gasteiger partial charge in [-0.1, -0.05) is 0 Å². The summed E-state index contributed by atoms with van der Waals surface area (Å²) in [5.74, 6) is 0.0827. The van der Waals surface area contributed by atoms with Crippen molar-refractivity contribution in [1.29, 1.82) is 0 Å². The third kappa shape index (κ3) is 2.19. The molecule has 0 spiro atoms. The van der Waals surface area contributed by atoms with Crippen molar-refractivity contribution >= 4 is 5.97 Å². The molecule has 0 aromatic rings. The molecule has 2 aliphatic rings. The second kappa shape index (κ2) is 4.07. The highest BCUT2D eigenvalue weighted by Crippen LogP contribution is 2.13. The maximum atomic E-state index is 11.5. The standard InChI is InChI=1S/C9H16N2O2/c12-9(7-1-3-10-5-7)13-8-2-4-11-6-8/h7-8,10-11H,1-6H2/t7-,8-/m0/s1. The van der Waals surface area contributed by atoms with Crippen LogP contribution in [0.4, 0.5) is 0 Å². The van der Waals surface area contributed by atoms with Gasteiger partial charge in [0.05, 0.1) is 5.92 Å². The van der Waals surface area contributed by atoms with E-state index in [0.717, 1.165) is 39.0 Å². The van der Waals surface area contributed by atoms with E-state index >= 15 is 0 Å². The van der Waals surface area contributed by atoms with Gasteiger partial charge in [0.25, 0.3) is 0 Å². The van der Waals surface area contributed by atoms with Crippen molar-refractivity contribution in [3.63, 3.8) is 0 Å². The summed E-state index contributed by atoms with van der Waals surface area (Å²) in [6.45, 7) is 3.54. The summed E-state index contributed by atoms with van der Waals surface area (Å²) in [5, 5.41) is 6.34. The minimum atomic E-state index is -0.0151. The fourth-order valence-corrected chi connectivity index (χ4v) is 1.85. The highest BCUT2D eigenvalue weighted by molar-refractivity contribution is 5.73. The van der Waals surface area contributed by atoms with Crippen LogP contribution in [0.5, 0.6) is 0 Å². The van der Waals surface area contributed by atoms with Crippen molar-refractivity contribution in [2.75, 3.05) is 26.2 Å². The van der Waals surface area contributed by atoms with E-state index in [4.69, 9.17) is 4.74 Å². The van der Waals surface area contributed by atoms with Crippen molar-refractivity contribution in [3.8, 4) is 0 Å². The van der Waals surface area contributed by atoms with E-state index in [1.807, 2.05) is 0 Å². The molecule has 2 rings (SSSR count). The predicted octanol–water partition coefficient (Wildman–Crippen LogP) is -0.499. The first kappa shape index (κ1) is 8.97. The van der Waals surface area contributed by atoms with Crippen molar-refractivity contribution < 1.29 is 9.53 Å². The Morgan fingerprint density at radius 2 is 1.92 bits per heavy atom. The van der Waals surface area contributed by atoms with Crippen LogP contribution in [0.25, 0.3) is 0 Å². The Balaban J connectivity index is 1.76. The number of hydrogen-bond acceptors (Lipinski definition) is 4. The molecule has 13 heavy (non-hydrogen) atoms. The number of ether oxygens (including phenoxy) is 1. The Labute approximate surface area is 78.0 Å². The Hall–Kier alpha value is -0.610. The average Bonchev–Trinajstić information content (AvgIpc) is 2.74. The van der Waals surface area contributed by atoms with Crippen LogP contribution in [-0.4, -0.2) is 38.3 Å². The topological polar surface area (TPSA) is 50.4 Å². The van der Waals surface area contributed by atoms with Gasteiger partial charge in [0, 0.05) is 13.1 Å².